The van der Waals surface area contributed by atoms with Gasteiger partial charge in [-0.15, -0.1) is 0 Å². The summed E-state index contributed by atoms with van der Waals surface area (Å²) in [6, 6.07) is 0. The van der Waals surface area contributed by atoms with Crippen LogP contribution < -0.4 is 0 Å². The molecular formula is C21H36. The summed E-state index contributed by atoms with van der Waals surface area (Å²) in [7, 11) is 0. The molecule has 120 valence electrons. The molecule has 0 N–H and O–H groups in total. The van der Waals surface area contributed by atoms with Gasteiger partial charge in [0.15, 0.2) is 0 Å². The summed E-state index contributed by atoms with van der Waals surface area (Å²) in [5.41, 5.74) is 1.40. The molecule has 5 aliphatic carbocycles. The maximum absolute atomic E-state index is 2.54. The zero-order valence-corrected chi connectivity index (χ0v) is 14.8. The maximum Gasteiger partial charge on any atom is -0.0318 e. The lowest BCUT2D eigenvalue weighted by Gasteiger charge is -2.43. The number of hydrogen-bond donors (Lipinski definition) is 0. The van der Waals surface area contributed by atoms with Crippen molar-refractivity contribution in [1.82, 2.24) is 0 Å². The second kappa shape index (κ2) is 4.75. The van der Waals surface area contributed by atoms with Crippen LogP contribution in [0.1, 0.15) is 85.5 Å². The molecule has 0 aromatic carbocycles. The van der Waals surface area contributed by atoms with Gasteiger partial charge >= 0.3 is 0 Å². The number of fused-ring (bicyclic) bond motifs is 9. The van der Waals surface area contributed by atoms with E-state index in [9.17, 15) is 0 Å². The summed E-state index contributed by atoms with van der Waals surface area (Å²) in [5.74, 6) is 6.99. The van der Waals surface area contributed by atoms with Gasteiger partial charge < -0.3 is 0 Å². The van der Waals surface area contributed by atoms with Crippen molar-refractivity contribution in [2.24, 2.45) is 46.3 Å². The van der Waals surface area contributed by atoms with Gasteiger partial charge in [0.05, 0.1) is 0 Å². The molecule has 6 unspecified atom stereocenters. The van der Waals surface area contributed by atoms with Gasteiger partial charge in [0.2, 0.25) is 0 Å². The molecule has 6 atom stereocenters. The Kier molecular flexibility index (Phi) is 3.30. The first-order chi connectivity index (χ1) is 9.87. The van der Waals surface area contributed by atoms with E-state index in [2.05, 4.69) is 27.7 Å². The first-order valence-corrected chi connectivity index (χ1v) is 9.87. The topological polar surface area (TPSA) is 0 Å². The molecule has 5 fully saturated rings. The van der Waals surface area contributed by atoms with Gasteiger partial charge in [-0.25, -0.2) is 0 Å². The molecule has 0 spiro atoms. The van der Waals surface area contributed by atoms with E-state index >= 15 is 0 Å². The summed E-state index contributed by atoms with van der Waals surface area (Å²) < 4.78 is 0. The van der Waals surface area contributed by atoms with Crippen molar-refractivity contribution >= 4 is 0 Å². The Morgan fingerprint density at radius 1 is 0.714 bits per heavy atom. The fraction of sp³-hybridized carbons (Fsp3) is 1.00. The van der Waals surface area contributed by atoms with Gasteiger partial charge in [-0.2, -0.15) is 0 Å². The Morgan fingerprint density at radius 3 is 1.90 bits per heavy atom. The zero-order valence-electron chi connectivity index (χ0n) is 14.8. The largest absolute Gasteiger partial charge is 0.0599 e. The first-order valence-electron chi connectivity index (χ1n) is 9.87. The lowest BCUT2D eigenvalue weighted by atomic mass is 9.62. The average Bonchev–Trinajstić information content (AvgIpc) is 3.12. The molecule has 0 aromatic heterocycles. The third-order valence-corrected chi connectivity index (χ3v) is 8.36. The minimum Gasteiger partial charge on any atom is -0.0599 e. The Labute approximate surface area is 132 Å². The molecule has 5 saturated carbocycles. The predicted octanol–water partition coefficient (Wildman–Crippen LogP) is 6.30. The van der Waals surface area contributed by atoms with E-state index in [1.165, 1.54) is 49.4 Å². The maximum atomic E-state index is 2.54. The van der Waals surface area contributed by atoms with Crippen LogP contribution in [0.4, 0.5) is 0 Å². The van der Waals surface area contributed by atoms with Gasteiger partial charge in [0.1, 0.15) is 0 Å². The first kappa shape index (κ1) is 14.6. The lowest BCUT2D eigenvalue weighted by molar-refractivity contribution is 0.0583. The average molecular weight is 289 g/mol. The normalized spacial score (nSPS) is 50.9. The molecule has 0 saturated heterocycles. The van der Waals surface area contributed by atoms with Gasteiger partial charge in [-0.05, 0) is 91.3 Å². The molecule has 0 amide bonds. The standard InChI is InChI=1S/C14H22.C7H14/c1-14(2)7-10-6-11(14)13-9-4-3-8(5-9)12(10)13;1-7(2)5-3-4-6-7/h8-13H,3-7H2,1-2H3;3-6H2,1-2H3. The van der Waals surface area contributed by atoms with Gasteiger partial charge in [-0.1, -0.05) is 40.5 Å². The van der Waals surface area contributed by atoms with Crippen LogP contribution in [0.25, 0.3) is 0 Å². The van der Waals surface area contributed by atoms with Gasteiger partial charge in [0, 0.05) is 0 Å². The highest BCUT2D eigenvalue weighted by molar-refractivity contribution is 5.12. The van der Waals surface area contributed by atoms with Crippen LogP contribution in [0.15, 0.2) is 0 Å². The van der Waals surface area contributed by atoms with E-state index in [1.54, 1.807) is 32.1 Å². The highest BCUT2D eigenvalue weighted by Crippen LogP contribution is 2.71. The Hall–Kier alpha value is 0. The summed E-state index contributed by atoms with van der Waals surface area (Å²) in [4.78, 5) is 0. The Balaban J connectivity index is 0.000000141. The molecule has 0 nitrogen and oxygen atoms in total. The van der Waals surface area contributed by atoms with E-state index < -0.39 is 0 Å². The van der Waals surface area contributed by atoms with Crippen LogP contribution >= 0.6 is 0 Å². The highest BCUT2D eigenvalue weighted by Gasteiger charge is 2.64. The van der Waals surface area contributed by atoms with E-state index in [1.807, 2.05) is 0 Å². The Bertz CT molecular complexity index is 396. The van der Waals surface area contributed by atoms with Crippen LogP contribution in [-0.4, -0.2) is 0 Å². The van der Waals surface area contributed by atoms with Crippen molar-refractivity contribution in [2.45, 2.75) is 85.5 Å². The van der Waals surface area contributed by atoms with Crippen molar-refractivity contribution < 1.29 is 0 Å². The highest BCUT2D eigenvalue weighted by atomic mass is 14.7. The van der Waals surface area contributed by atoms with Crippen LogP contribution in [-0.2, 0) is 0 Å². The molecule has 0 aliphatic heterocycles. The van der Waals surface area contributed by atoms with Crippen molar-refractivity contribution in [2.75, 3.05) is 0 Å². The third kappa shape index (κ3) is 2.31. The number of rotatable bonds is 0. The van der Waals surface area contributed by atoms with Crippen molar-refractivity contribution in [1.29, 1.82) is 0 Å². The van der Waals surface area contributed by atoms with E-state index in [-0.39, 0.29) is 0 Å². The quantitative estimate of drug-likeness (QED) is 0.459. The second-order valence-corrected chi connectivity index (χ2v) is 10.7. The van der Waals surface area contributed by atoms with Crippen LogP contribution in [0, 0.1) is 46.3 Å². The molecule has 0 heterocycles. The SMILES string of the molecule is CC1(C)CC2CC1C1C3CCC(C3)C21.CC1(C)CCCC1. The van der Waals surface area contributed by atoms with E-state index in [4.69, 9.17) is 0 Å². The molecule has 5 rings (SSSR count). The predicted molar refractivity (Wildman–Crippen MR) is 90.1 cm³/mol. The van der Waals surface area contributed by atoms with E-state index in [0.717, 1.165) is 11.8 Å². The molecule has 0 heteroatoms. The minimum absolute atomic E-state index is 0.694. The summed E-state index contributed by atoms with van der Waals surface area (Å²) in [6.07, 6.45) is 13.8. The number of hydrogen-bond acceptors (Lipinski definition) is 0. The molecule has 0 radical (unpaired) electrons. The van der Waals surface area contributed by atoms with Crippen LogP contribution in [0.3, 0.4) is 0 Å². The second-order valence-electron chi connectivity index (χ2n) is 10.7. The van der Waals surface area contributed by atoms with Crippen LogP contribution in [0.5, 0.6) is 0 Å². The molecule has 21 heavy (non-hydrogen) atoms. The van der Waals surface area contributed by atoms with Gasteiger partial charge in [-0.3, -0.25) is 0 Å². The lowest BCUT2D eigenvalue weighted by Crippen LogP contribution is -2.36. The monoisotopic (exact) mass is 288 g/mol. The minimum atomic E-state index is 0.694. The molecule has 0 aromatic rings. The van der Waals surface area contributed by atoms with E-state index in [0.29, 0.717) is 10.8 Å². The van der Waals surface area contributed by atoms with Crippen molar-refractivity contribution in [3.63, 3.8) is 0 Å². The van der Waals surface area contributed by atoms with Crippen molar-refractivity contribution in [3.8, 4) is 0 Å². The van der Waals surface area contributed by atoms with Crippen molar-refractivity contribution in [3.05, 3.63) is 0 Å². The molecular weight excluding hydrogens is 252 g/mol. The third-order valence-electron chi connectivity index (χ3n) is 8.36. The Morgan fingerprint density at radius 2 is 1.33 bits per heavy atom. The summed E-state index contributed by atoms with van der Waals surface area (Å²) >= 11 is 0. The summed E-state index contributed by atoms with van der Waals surface area (Å²) in [6.45, 7) is 9.81. The fourth-order valence-electron chi connectivity index (χ4n) is 7.54. The summed E-state index contributed by atoms with van der Waals surface area (Å²) in [5, 5.41) is 0. The molecule has 5 aliphatic rings. The van der Waals surface area contributed by atoms with Crippen LogP contribution in [0.2, 0.25) is 0 Å². The molecule has 4 bridgehead atoms. The zero-order chi connectivity index (χ0) is 14.8. The van der Waals surface area contributed by atoms with Gasteiger partial charge in [0.25, 0.3) is 0 Å². The fourth-order valence-corrected chi connectivity index (χ4v) is 7.54. The smallest absolute Gasteiger partial charge is 0.0318 e.